The van der Waals surface area contributed by atoms with Gasteiger partial charge in [-0.25, -0.2) is 4.98 Å². The molecular formula is C16H15N3O2. The number of amides is 1. The average Bonchev–Trinajstić information content (AvgIpc) is 2.91. The molecule has 2 heterocycles. The molecule has 0 fully saturated rings. The first-order valence-corrected chi connectivity index (χ1v) is 6.55. The Morgan fingerprint density at radius 2 is 2.10 bits per heavy atom. The Labute approximate surface area is 121 Å². The van der Waals surface area contributed by atoms with Crippen molar-refractivity contribution in [1.29, 1.82) is 0 Å². The molecule has 3 rings (SSSR count). The van der Waals surface area contributed by atoms with E-state index in [-0.39, 0.29) is 5.75 Å². The molecule has 1 aromatic carbocycles. The largest absolute Gasteiger partial charge is 0.508 e. The first-order chi connectivity index (χ1) is 9.99. The van der Waals surface area contributed by atoms with Crippen LogP contribution < -0.4 is 5.73 Å². The number of carbonyl (C=O) groups is 1. The number of primary amides is 1. The molecule has 0 unspecified atom stereocenters. The standard InChI is InChI=1S/C16H15N3O2/c1-9-3-4-13(20)10(2)14(9)12-7-11(15(17)21)8-19-6-5-18-16(12)19/h3-8,20H,1-2H3,(H2,17,21). The lowest BCUT2D eigenvalue weighted by atomic mass is 9.95. The third-order valence-corrected chi connectivity index (χ3v) is 3.69. The molecule has 3 N–H and O–H groups in total. The van der Waals surface area contributed by atoms with Gasteiger partial charge in [0.05, 0.1) is 5.56 Å². The van der Waals surface area contributed by atoms with Crippen molar-refractivity contribution >= 4 is 11.6 Å². The summed E-state index contributed by atoms with van der Waals surface area (Å²) in [6.07, 6.45) is 5.08. The van der Waals surface area contributed by atoms with Crippen molar-refractivity contribution in [2.45, 2.75) is 13.8 Å². The molecule has 0 radical (unpaired) electrons. The van der Waals surface area contributed by atoms with Gasteiger partial charge in [0.1, 0.15) is 11.4 Å². The zero-order chi connectivity index (χ0) is 15.1. The number of hydrogen-bond acceptors (Lipinski definition) is 3. The number of rotatable bonds is 2. The minimum Gasteiger partial charge on any atom is -0.508 e. The van der Waals surface area contributed by atoms with Crippen LogP contribution in [0.4, 0.5) is 0 Å². The zero-order valence-corrected chi connectivity index (χ0v) is 11.8. The summed E-state index contributed by atoms with van der Waals surface area (Å²) in [5.74, 6) is -0.285. The Hall–Kier alpha value is -2.82. The molecule has 0 spiro atoms. The number of carbonyl (C=O) groups excluding carboxylic acids is 1. The molecule has 0 aliphatic carbocycles. The summed E-state index contributed by atoms with van der Waals surface area (Å²) >= 11 is 0. The van der Waals surface area contributed by atoms with Gasteiger partial charge in [-0.1, -0.05) is 6.07 Å². The summed E-state index contributed by atoms with van der Waals surface area (Å²) in [5.41, 5.74) is 9.92. The summed E-state index contributed by atoms with van der Waals surface area (Å²) in [5, 5.41) is 9.97. The summed E-state index contributed by atoms with van der Waals surface area (Å²) in [6.45, 7) is 3.80. The Bertz CT molecular complexity index is 865. The molecule has 5 nitrogen and oxygen atoms in total. The molecule has 106 valence electrons. The minimum atomic E-state index is -0.498. The summed E-state index contributed by atoms with van der Waals surface area (Å²) in [7, 11) is 0. The number of aromatic hydroxyl groups is 1. The highest BCUT2D eigenvalue weighted by molar-refractivity contribution is 5.96. The topological polar surface area (TPSA) is 80.6 Å². The van der Waals surface area contributed by atoms with Gasteiger partial charge in [-0.3, -0.25) is 4.79 Å². The minimum absolute atomic E-state index is 0.213. The molecule has 3 aromatic rings. The third kappa shape index (κ3) is 2.03. The Morgan fingerprint density at radius 3 is 2.81 bits per heavy atom. The van der Waals surface area contributed by atoms with E-state index in [0.717, 1.165) is 27.9 Å². The quantitative estimate of drug-likeness (QED) is 0.757. The highest BCUT2D eigenvalue weighted by Crippen LogP contribution is 2.35. The van der Waals surface area contributed by atoms with E-state index >= 15 is 0 Å². The highest BCUT2D eigenvalue weighted by atomic mass is 16.3. The van der Waals surface area contributed by atoms with E-state index in [2.05, 4.69) is 4.98 Å². The monoisotopic (exact) mass is 281 g/mol. The van der Waals surface area contributed by atoms with Crippen LogP contribution in [0.25, 0.3) is 16.8 Å². The molecule has 0 aliphatic rings. The van der Waals surface area contributed by atoms with Crippen molar-refractivity contribution in [2.24, 2.45) is 5.73 Å². The van der Waals surface area contributed by atoms with E-state index < -0.39 is 5.91 Å². The fraction of sp³-hybridized carbons (Fsp3) is 0.125. The number of imidazole rings is 1. The van der Waals surface area contributed by atoms with E-state index in [9.17, 15) is 9.90 Å². The number of nitrogens with two attached hydrogens (primary N) is 1. The van der Waals surface area contributed by atoms with E-state index in [0.29, 0.717) is 5.56 Å². The smallest absolute Gasteiger partial charge is 0.250 e. The number of aromatic nitrogens is 2. The van der Waals surface area contributed by atoms with Gasteiger partial charge in [0.2, 0.25) is 5.91 Å². The van der Waals surface area contributed by atoms with Crippen molar-refractivity contribution in [3.63, 3.8) is 0 Å². The van der Waals surface area contributed by atoms with Gasteiger partial charge in [-0.05, 0) is 42.7 Å². The number of fused-ring (bicyclic) bond motifs is 1. The molecule has 5 heteroatoms. The van der Waals surface area contributed by atoms with E-state index in [4.69, 9.17) is 5.73 Å². The van der Waals surface area contributed by atoms with Gasteiger partial charge < -0.3 is 15.2 Å². The maximum Gasteiger partial charge on any atom is 0.250 e. The number of aryl methyl sites for hydroxylation is 1. The lowest BCUT2D eigenvalue weighted by Gasteiger charge is -2.13. The molecular weight excluding hydrogens is 266 g/mol. The van der Waals surface area contributed by atoms with Crippen molar-refractivity contribution in [3.05, 3.63) is 53.5 Å². The summed E-state index contributed by atoms with van der Waals surface area (Å²) in [6, 6.07) is 5.22. The fourth-order valence-electron chi connectivity index (χ4n) is 2.60. The molecule has 0 saturated carbocycles. The van der Waals surface area contributed by atoms with Crippen LogP contribution in [0.15, 0.2) is 36.8 Å². The Balaban J connectivity index is 2.42. The lowest BCUT2D eigenvalue weighted by Crippen LogP contribution is -2.12. The molecule has 2 aromatic heterocycles. The van der Waals surface area contributed by atoms with Crippen LogP contribution in [0.3, 0.4) is 0 Å². The van der Waals surface area contributed by atoms with Crippen LogP contribution in [-0.4, -0.2) is 20.4 Å². The highest BCUT2D eigenvalue weighted by Gasteiger charge is 2.16. The number of phenols is 1. The van der Waals surface area contributed by atoms with Crippen molar-refractivity contribution in [1.82, 2.24) is 9.38 Å². The van der Waals surface area contributed by atoms with Gasteiger partial charge in [0, 0.05) is 24.2 Å². The number of hydrogen-bond donors (Lipinski definition) is 2. The van der Waals surface area contributed by atoms with Crippen LogP contribution in [0.2, 0.25) is 0 Å². The van der Waals surface area contributed by atoms with Crippen molar-refractivity contribution in [2.75, 3.05) is 0 Å². The van der Waals surface area contributed by atoms with Gasteiger partial charge in [-0.2, -0.15) is 0 Å². The van der Waals surface area contributed by atoms with Crippen molar-refractivity contribution < 1.29 is 9.90 Å². The molecule has 21 heavy (non-hydrogen) atoms. The van der Waals surface area contributed by atoms with Crippen LogP contribution in [0, 0.1) is 13.8 Å². The summed E-state index contributed by atoms with van der Waals surface area (Å²) in [4.78, 5) is 15.9. The van der Waals surface area contributed by atoms with E-state index in [1.807, 2.05) is 19.9 Å². The van der Waals surface area contributed by atoms with Crippen LogP contribution in [0.1, 0.15) is 21.5 Å². The molecule has 0 aliphatic heterocycles. The number of nitrogens with zero attached hydrogens (tertiary/aromatic N) is 2. The fourth-order valence-corrected chi connectivity index (χ4v) is 2.60. The Kier molecular flexibility index (Phi) is 2.90. The van der Waals surface area contributed by atoms with Gasteiger partial charge in [0.25, 0.3) is 0 Å². The molecule has 0 bridgehead atoms. The second-order valence-corrected chi connectivity index (χ2v) is 5.07. The second kappa shape index (κ2) is 4.63. The number of phenolic OH excluding ortho intramolecular Hbond substituents is 1. The zero-order valence-electron chi connectivity index (χ0n) is 11.8. The predicted molar refractivity (Wildman–Crippen MR) is 80.3 cm³/mol. The maximum atomic E-state index is 11.5. The normalized spacial score (nSPS) is 11.0. The predicted octanol–water partition coefficient (Wildman–Crippen LogP) is 2.42. The van der Waals surface area contributed by atoms with Crippen LogP contribution in [0.5, 0.6) is 5.75 Å². The first kappa shape index (κ1) is 13.2. The number of pyridine rings is 1. The number of benzene rings is 1. The molecule has 1 amide bonds. The van der Waals surface area contributed by atoms with Gasteiger partial charge in [-0.15, -0.1) is 0 Å². The third-order valence-electron chi connectivity index (χ3n) is 3.69. The van der Waals surface area contributed by atoms with E-state index in [1.54, 1.807) is 35.1 Å². The Morgan fingerprint density at radius 1 is 1.33 bits per heavy atom. The van der Waals surface area contributed by atoms with Crippen LogP contribution in [-0.2, 0) is 0 Å². The summed E-state index contributed by atoms with van der Waals surface area (Å²) < 4.78 is 1.76. The van der Waals surface area contributed by atoms with Crippen LogP contribution >= 0.6 is 0 Å². The first-order valence-electron chi connectivity index (χ1n) is 6.55. The van der Waals surface area contributed by atoms with Gasteiger partial charge >= 0.3 is 0 Å². The lowest BCUT2D eigenvalue weighted by molar-refractivity contribution is 0.1000. The molecule has 0 saturated heterocycles. The van der Waals surface area contributed by atoms with Crippen molar-refractivity contribution in [3.8, 4) is 16.9 Å². The maximum absolute atomic E-state index is 11.5. The average molecular weight is 281 g/mol. The second-order valence-electron chi connectivity index (χ2n) is 5.07. The van der Waals surface area contributed by atoms with E-state index in [1.165, 1.54) is 0 Å². The van der Waals surface area contributed by atoms with Gasteiger partial charge in [0.15, 0.2) is 0 Å². The molecule has 0 atom stereocenters. The SMILES string of the molecule is Cc1ccc(O)c(C)c1-c1cc(C(N)=O)cn2ccnc12.